The van der Waals surface area contributed by atoms with E-state index in [2.05, 4.69) is 21.1 Å². The summed E-state index contributed by atoms with van der Waals surface area (Å²) >= 11 is 13.5. The van der Waals surface area contributed by atoms with Crippen molar-refractivity contribution in [2.24, 2.45) is 5.92 Å². The second-order valence-corrected chi connectivity index (χ2v) is 10.4. The first kappa shape index (κ1) is 25.1. The molecule has 0 saturated heterocycles. The molecule has 0 spiro atoms. The van der Waals surface area contributed by atoms with Crippen LogP contribution in [0.2, 0.25) is 10.0 Å². The highest BCUT2D eigenvalue weighted by Gasteiger charge is 2.29. The van der Waals surface area contributed by atoms with Gasteiger partial charge in [-0.3, -0.25) is 4.72 Å². The molecule has 0 aliphatic heterocycles. The summed E-state index contributed by atoms with van der Waals surface area (Å²) in [4.78, 5) is 3.88. The number of rotatable bonds is 8. The molecule has 0 amide bonds. The molecule has 4 rings (SSSR count). The number of thiazole rings is 1. The third-order valence-electron chi connectivity index (χ3n) is 5.58. The van der Waals surface area contributed by atoms with Crippen molar-refractivity contribution in [1.82, 2.24) is 10.3 Å². The second-order valence-electron chi connectivity index (χ2n) is 7.64. The Labute approximate surface area is 212 Å². The number of benzene rings is 2. The van der Waals surface area contributed by atoms with Gasteiger partial charge in [-0.1, -0.05) is 35.3 Å². The number of hydrogen-bond acceptors (Lipinski definition) is 5. The zero-order chi connectivity index (χ0) is 24.2. The summed E-state index contributed by atoms with van der Waals surface area (Å²) in [6.07, 6.45) is 3.75. The standard InChI is InChI=1S/C23H21Cl2F2N3O2S2/c1-28-20-4-2-3-14(13-5-6-16(24)18(26)7-13)15(20)10-32-21-9-19(27)22(8-17(21)25)34(31)30-23-11-33-12-29-23/h3,5-9,11-12,15,20,28,30H,2,4,10H2,1H3/t15?,20-,34?/m1/s1. The van der Waals surface area contributed by atoms with E-state index >= 15 is 0 Å². The second kappa shape index (κ2) is 11.1. The van der Waals surface area contributed by atoms with Crippen LogP contribution < -0.4 is 14.8 Å². The van der Waals surface area contributed by atoms with E-state index in [-0.39, 0.29) is 39.3 Å². The molecular formula is C23H21Cl2F2N3O2S2. The van der Waals surface area contributed by atoms with Gasteiger partial charge in [-0.15, -0.1) is 11.3 Å². The van der Waals surface area contributed by atoms with Gasteiger partial charge in [0.1, 0.15) is 23.2 Å². The van der Waals surface area contributed by atoms with Crippen LogP contribution in [0.1, 0.15) is 18.4 Å². The van der Waals surface area contributed by atoms with E-state index in [1.807, 2.05) is 7.05 Å². The molecule has 1 heterocycles. The molecule has 2 aromatic carbocycles. The van der Waals surface area contributed by atoms with Crippen LogP contribution in [0.15, 0.2) is 52.2 Å². The number of aromatic nitrogens is 1. The Morgan fingerprint density at radius 2 is 2.03 bits per heavy atom. The lowest BCUT2D eigenvalue weighted by molar-refractivity contribution is 0.239. The van der Waals surface area contributed by atoms with Crippen LogP contribution in [0, 0.1) is 17.6 Å². The Hall–Kier alpha value is -2.04. The molecule has 5 nitrogen and oxygen atoms in total. The Balaban J connectivity index is 1.53. The van der Waals surface area contributed by atoms with E-state index in [9.17, 15) is 13.0 Å². The lowest BCUT2D eigenvalue weighted by Crippen LogP contribution is -2.39. The van der Waals surface area contributed by atoms with Crippen molar-refractivity contribution < 1.29 is 17.7 Å². The Kier molecular flexibility index (Phi) is 8.21. The predicted molar refractivity (Wildman–Crippen MR) is 134 cm³/mol. The van der Waals surface area contributed by atoms with Gasteiger partial charge in [-0.25, -0.2) is 18.0 Å². The Morgan fingerprint density at radius 3 is 2.74 bits per heavy atom. The summed E-state index contributed by atoms with van der Waals surface area (Å²) in [5, 5.41) is 5.13. The number of nitrogens with one attached hydrogen (secondary N) is 2. The molecule has 1 aliphatic rings. The Morgan fingerprint density at radius 1 is 1.21 bits per heavy atom. The maximum absolute atomic E-state index is 14.8. The summed E-state index contributed by atoms with van der Waals surface area (Å²) in [6.45, 7) is 0.181. The largest absolute Gasteiger partial charge is 0.491 e. The van der Waals surface area contributed by atoms with Crippen LogP contribution >= 0.6 is 34.5 Å². The number of nitrogens with zero attached hydrogens (tertiary/aromatic N) is 1. The zero-order valence-electron chi connectivity index (χ0n) is 18.0. The topological polar surface area (TPSA) is 63.2 Å². The maximum atomic E-state index is 14.8. The lowest BCUT2D eigenvalue weighted by Gasteiger charge is -2.33. The fourth-order valence-electron chi connectivity index (χ4n) is 3.90. The summed E-state index contributed by atoms with van der Waals surface area (Å²) in [7, 11) is -0.0231. The van der Waals surface area contributed by atoms with Crippen molar-refractivity contribution in [3.8, 4) is 5.75 Å². The molecule has 0 radical (unpaired) electrons. The summed E-state index contributed by atoms with van der Waals surface area (Å²) < 4.78 is 50.0. The SMILES string of the molecule is CN[C@@H]1CCC=C(c2ccc(Cl)c(F)c2)C1COc1cc(F)c(S(=O)Nc2cscn2)cc1Cl. The van der Waals surface area contributed by atoms with Gasteiger partial charge in [-0.2, -0.15) is 0 Å². The quantitative estimate of drug-likeness (QED) is 0.348. The van der Waals surface area contributed by atoms with Crippen LogP contribution in [-0.4, -0.2) is 28.9 Å². The van der Waals surface area contributed by atoms with E-state index in [1.165, 1.54) is 29.5 Å². The number of ether oxygens (including phenoxy) is 1. The van der Waals surface area contributed by atoms with Crippen molar-refractivity contribution in [2.45, 2.75) is 23.8 Å². The van der Waals surface area contributed by atoms with Gasteiger partial charge < -0.3 is 10.1 Å². The van der Waals surface area contributed by atoms with Gasteiger partial charge in [0.25, 0.3) is 0 Å². The molecule has 180 valence electrons. The van der Waals surface area contributed by atoms with Gasteiger partial charge in [-0.05, 0) is 49.2 Å². The smallest absolute Gasteiger partial charge is 0.154 e. The molecule has 2 N–H and O–H groups in total. The predicted octanol–water partition coefficient (Wildman–Crippen LogP) is 6.32. The van der Waals surface area contributed by atoms with E-state index in [1.54, 1.807) is 17.0 Å². The van der Waals surface area contributed by atoms with Gasteiger partial charge in [0.05, 0.1) is 27.1 Å². The highest BCUT2D eigenvalue weighted by molar-refractivity contribution is 7.86. The van der Waals surface area contributed by atoms with Crippen molar-refractivity contribution in [3.05, 3.63) is 74.5 Å². The molecule has 1 aliphatic carbocycles. The van der Waals surface area contributed by atoms with Gasteiger partial charge in [0, 0.05) is 23.4 Å². The molecule has 3 aromatic rings. The number of allylic oxidation sites excluding steroid dienone is 1. The average Bonchev–Trinajstić information content (AvgIpc) is 3.33. The Bertz CT molecular complexity index is 1230. The molecule has 11 heteroatoms. The van der Waals surface area contributed by atoms with Crippen LogP contribution in [-0.2, 0) is 11.0 Å². The molecule has 3 atom stereocenters. The first-order valence-corrected chi connectivity index (χ1v) is 13.2. The zero-order valence-corrected chi connectivity index (χ0v) is 21.1. The van der Waals surface area contributed by atoms with Crippen molar-refractivity contribution in [3.63, 3.8) is 0 Å². The summed E-state index contributed by atoms with van der Waals surface area (Å²) in [5.74, 6) is -0.835. The van der Waals surface area contributed by atoms with Crippen molar-refractivity contribution >= 4 is 56.9 Å². The maximum Gasteiger partial charge on any atom is 0.154 e. The molecule has 1 aromatic heterocycles. The van der Waals surface area contributed by atoms with Crippen molar-refractivity contribution in [2.75, 3.05) is 18.4 Å². The van der Waals surface area contributed by atoms with Gasteiger partial charge in [0.2, 0.25) is 0 Å². The van der Waals surface area contributed by atoms with Crippen LogP contribution in [0.25, 0.3) is 5.57 Å². The highest BCUT2D eigenvalue weighted by Crippen LogP contribution is 2.36. The van der Waals surface area contributed by atoms with Crippen molar-refractivity contribution in [1.29, 1.82) is 0 Å². The molecule has 2 unspecified atom stereocenters. The van der Waals surface area contributed by atoms with Crippen LogP contribution in [0.3, 0.4) is 0 Å². The number of hydrogen-bond donors (Lipinski definition) is 2. The molecule has 0 bridgehead atoms. The molecule has 0 fully saturated rings. The van der Waals surface area contributed by atoms with E-state index in [4.69, 9.17) is 27.9 Å². The minimum Gasteiger partial charge on any atom is -0.491 e. The molecule has 0 saturated carbocycles. The highest BCUT2D eigenvalue weighted by atomic mass is 35.5. The van der Waals surface area contributed by atoms with Crippen LogP contribution in [0.4, 0.5) is 14.6 Å². The third kappa shape index (κ3) is 5.60. The van der Waals surface area contributed by atoms with E-state index < -0.39 is 22.6 Å². The molecular weight excluding hydrogens is 523 g/mol. The normalized spacial score (nSPS) is 18.9. The first-order valence-electron chi connectivity index (χ1n) is 10.4. The fraction of sp³-hybridized carbons (Fsp3) is 0.261. The average molecular weight is 544 g/mol. The van der Waals surface area contributed by atoms with Crippen LogP contribution in [0.5, 0.6) is 5.75 Å². The van der Waals surface area contributed by atoms with Gasteiger partial charge in [0.15, 0.2) is 11.0 Å². The monoisotopic (exact) mass is 543 g/mol. The van der Waals surface area contributed by atoms with E-state index in [0.29, 0.717) is 11.4 Å². The number of anilines is 1. The lowest BCUT2D eigenvalue weighted by atomic mass is 9.80. The minimum absolute atomic E-state index is 0.0575. The fourth-order valence-corrected chi connectivity index (χ4v) is 5.73. The minimum atomic E-state index is -1.88. The summed E-state index contributed by atoms with van der Waals surface area (Å²) in [6, 6.07) is 7.18. The molecule has 34 heavy (non-hydrogen) atoms. The number of halogens is 4. The third-order valence-corrected chi connectivity index (χ3v) is 7.88. The van der Waals surface area contributed by atoms with E-state index in [0.717, 1.165) is 24.5 Å². The first-order chi connectivity index (χ1) is 16.4. The summed E-state index contributed by atoms with van der Waals surface area (Å²) in [5.41, 5.74) is 3.21. The van der Waals surface area contributed by atoms with Gasteiger partial charge >= 0.3 is 0 Å².